The fourth-order valence-electron chi connectivity index (χ4n) is 6.26. The Labute approximate surface area is 248 Å². The second-order valence-electron chi connectivity index (χ2n) is 11.7. The van der Waals surface area contributed by atoms with Crippen LogP contribution < -0.4 is 0 Å². The summed E-state index contributed by atoms with van der Waals surface area (Å²) in [6.45, 7) is 6.68. The zero-order chi connectivity index (χ0) is 28.1. The van der Waals surface area contributed by atoms with Gasteiger partial charge in [0.1, 0.15) is 0 Å². The molecule has 3 aromatic carbocycles. The maximum Gasteiger partial charge on any atom is 0.226 e. The molecule has 0 N–H and O–H groups in total. The molecule has 2 aliphatic heterocycles. The highest BCUT2D eigenvalue weighted by Crippen LogP contribution is 2.32. The van der Waals surface area contributed by atoms with Crippen molar-refractivity contribution in [3.05, 3.63) is 96.3 Å². The van der Waals surface area contributed by atoms with Gasteiger partial charge in [-0.1, -0.05) is 55.3 Å². The number of hydrogen-bond acceptors (Lipinski definition) is 6. The number of likely N-dealkylation sites (tertiary alicyclic amines) is 2. The van der Waals surface area contributed by atoms with Gasteiger partial charge in [0.25, 0.3) is 0 Å². The van der Waals surface area contributed by atoms with Gasteiger partial charge in [-0.3, -0.25) is 9.80 Å². The van der Waals surface area contributed by atoms with Crippen molar-refractivity contribution < 1.29 is 8.83 Å². The molecule has 7 rings (SSSR count). The van der Waals surface area contributed by atoms with Crippen LogP contribution in [0.25, 0.3) is 45.6 Å². The van der Waals surface area contributed by atoms with E-state index in [2.05, 4.69) is 74.4 Å². The summed E-state index contributed by atoms with van der Waals surface area (Å²) in [5.41, 5.74) is 6.53. The van der Waals surface area contributed by atoms with Crippen LogP contribution in [0, 0.1) is 0 Å². The van der Waals surface area contributed by atoms with E-state index in [1.54, 1.807) is 0 Å². The number of piperidine rings is 2. The number of nitrogens with zero attached hydrogens (tertiary/aromatic N) is 4. The van der Waals surface area contributed by atoms with E-state index in [0.717, 1.165) is 46.9 Å². The largest absolute Gasteiger partial charge is 0.436 e. The smallest absolute Gasteiger partial charge is 0.226 e. The standard InChI is InChI=1S/C36H38N4O2/c1-3-16-39(17-4-1)25-27-10-7-14-31(20-27)35-37-23-33(41-35)29-12-9-13-30(22-29)34-24-38-36(42-34)32-15-8-11-28(21-32)26-40-18-5-2-6-19-40/h7-15,20-24H,1-6,16-19,25-26H2. The predicted octanol–water partition coefficient (Wildman–Crippen LogP) is 8.30. The molecule has 0 spiro atoms. The molecule has 0 atom stereocenters. The topological polar surface area (TPSA) is 58.5 Å². The van der Waals surface area contributed by atoms with Crippen LogP contribution >= 0.6 is 0 Å². The highest BCUT2D eigenvalue weighted by molar-refractivity contribution is 5.69. The molecule has 2 saturated heterocycles. The quantitative estimate of drug-likeness (QED) is 0.191. The molecule has 0 radical (unpaired) electrons. The number of aromatic nitrogens is 2. The molecule has 0 aliphatic carbocycles. The maximum atomic E-state index is 6.27. The number of rotatable bonds is 8. The van der Waals surface area contributed by atoms with Crippen LogP contribution in [-0.2, 0) is 13.1 Å². The van der Waals surface area contributed by atoms with Gasteiger partial charge in [0.15, 0.2) is 11.5 Å². The van der Waals surface area contributed by atoms with E-state index in [-0.39, 0.29) is 0 Å². The van der Waals surface area contributed by atoms with E-state index in [9.17, 15) is 0 Å². The summed E-state index contributed by atoms with van der Waals surface area (Å²) >= 11 is 0. The molecule has 0 unspecified atom stereocenters. The van der Waals surface area contributed by atoms with Crippen molar-refractivity contribution in [3.63, 3.8) is 0 Å². The first kappa shape index (κ1) is 26.9. The molecule has 2 aromatic heterocycles. The maximum absolute atomic E-state index is 6.27. The Hall–Kier alpha value is -4.00. The van der Waals surface area contributed by atoms with Crippen molar-refractivity contribution in [2.24, 2.45) is 0 Å². The third-order valence-electron chi connectivity index (χ3n) is 8.50. The lowest BCUT2D eigenvalue weighted by atomic mass is 10.1. The molecule has 0 saturated carbocycles. The summed E-state index contributed by atoms with van der Waals surface area (Å²) < 4.78 is 12.5. The van der Waals surface area contributed by atoms with Gasteiger partial charge in [0, 0.05) is 35.3 Å². The van der Waals surface area contributed by atoms with E-state index in [0.29, 0.717) is 11.8 Å². The van der Waals surface area contributed by atoms with Crippen LogP contribution in [0.15, 0.2) is 94.0 Å². The highest BCUT2D eigenvalue weighted by Gasteiger charge is 2.16. The second-order valence-corrected chi connectivity index (χ2v) is 11.7. The fourth-order valence-corrected chi connectivity index (χ4v) is 6.26. The molecule has 2 aliphatic rings. The van der Waals surface area contributed by atoms with Gasteiger partial charge >= 0.3 is 0 Å². The van der Waals surface area contributed by atoms with Gasteiger partial charge in [-0.2, -0.15) is 0 Å². The Kier molecular flexibility index (Phi) is 7.98. The summed E-state index contributed by atoms with van der Waals surface area (Å²) in [5, 5.41) is 0. The minimum atomic E-state index is 0.641. The van der Waals surface area contributed by atoms with Gasteiger partial charge in [-0.15, -0.1) is 0 Å². The van der Waals surface area contributed by atoms with E-state index < -0.39 is 0 Å². The lowest BCUT2D eigenvalue weighted by molar-refractivity contribution is 0.221. The first-order valence-electron chi connectivity index (χ1n) is 15.4. The summed E-state index contributed by atoms with van der Waals surface area (Å²) in [5.74, 6) is 2.75. The fraction of sp³-hybridized carbons (Fsp3) is 0.333. The van der Waals surface area contributed by atoms with Crippen LogP contribution in [0.1, 0.15) is 49.7 Å². The molecular formula is C36H38N4O2. The molecule has 5 aromatic rings. The number of oxazole rings is 2. The molecule has 4 heterocycles. The molecule has 0 bridgehead atoms. The third kappa shape index (κ3) is 6.25. The molecule has 2 fully saturated rings. The van der Waals surface area contributed by atoms with Gasteiger partial charge in [0.05, 0.1) is 12.4 Å². The minimum Gasteiger partial charge on any atom is -0.436 e. The summed E-state index contributed by atoms with van der Waals surface area (Å²) in [7, 11) is 0. The lowest BCUT2D eigenvalue weighted by Gasteiger charge is -2.26. The molecule has 214 valence electrons. The highest BCUT2D eigenvalue weighted by atomic mass is 16.4. The number of benzene rings is 3. The van der Waals surface area contributed by atoms with Crippen LogP contribution in [0.4, 0.5) is 0 Å². The Balaban J connectivity index is 1.07. The van der Waals surface area contributed by atoms with Gasteiger partial charge in [-0.25, -0.2) is 9.97 Å². The molecule has 6 heteroatoms. The van der Waals surface area contributed by atoms with Crippen molar-refractivity contribution >= 4 is 0 Å². The van der Waals surface area contributed by atoms with Gasteiger partial charge < -0.3 is 8.83 Å². The Morgan fingerprint density at radius 3 is 1.40 bits per heavy atom. The van der Waals surface area contributed by atoms with E-state index in [4.69, 9.17) is 8.83 Å². The van der Waals surface area contributed by atoms with Crippen LogP contribution in [0.5, 0.6) is 0 Å². The van der Waals surface area contributed by atoms with Crippen molar-refractivity contribution in [2.45, 2.75) is 51.6 Å². The van der Waals surface area contributed by atoms with E-state index in [1.165, 1.54) is 75.8 Å². The zero-order valence-corrected chi connectivity index (χ0v) is 24.2. The molecule has 6 nitrogen and oxygen atoms in total. The van der Waals surface area contributed by atoms with Crippen molar-refractivity contribution in [2.75, 3.05) is 26.2 Å². The van der Waals surface area contributed by atoms with Crippen molar-refractivity contribution in [3.8, 4) is 45.6 Å². The van der Waals surface area contributed by atoms with Crippen LogP contribution in [0.3, 0.4) is 0 Å². The SMILES string of the molecule is c1cc(-c2cnc(-c3cccc(CN4CCCCC4)c3)o2)cc(-c2cnc(-c3cccc(CN4CCCCC4)c3)o2)c1. The first-order valence-corrected chi connectivity index (χ1v) is 15.4. The third-order valence-corrected chi connectivity index (χ3v) is 8.50. The monoisotopic (exact) mass is 558 g/mol. The zero-order valence-electron chi connectivity index (χ0n) is 24.2. The van der Waals surface area contributed by atoms with Gasteiger partial charge in [0.2, 0.25) is 11.8 Å². The summed E-state index contributed by atoms with van der Waals surface area (Å²) in [6.07, 6.45) is 11.5. The Bertz CT molecular complexity index is 1510. The van der Waals surface area contributed by atoms with Gasteiger partial charge in [-0.05, 0) is 93.3 Å². The summed E-state index contributed by atoms with van der Waals surface area (Å²) in [4.78, 5) is 14.3. The Morgan fingerprint density at radius 1 is 0.500 bits per heavy atom. The predicted molar refractivity (Wildman–Crippen MR) is 167 cm³/mol. The lowest BCUT2D eigenvalue weighted by Crippen LogP contribution is -2.29. The minimum absolute atomic E-state index is 0.641. The van der Waals surface area contributed by atoms with Crippen LogP contribution in [-0.4, -0.2) is 45.9 Å². The second kappa shape index (κ2) is 12.5. The molecule has 42 heavy (non-hydrogen) atoms. The van der Waals surface area contributed by atoms with Crippen LogP contribution in [0.2, 0.25) is 0 Å². The Morgan fingerprint density at radius 2 is 0.929 bits per heavy atom. The first-order chi connectivity index (χ1) is 20.8. The average Bonchev–Trinajstić information content (AvgIpc) is 3.74. The van der Waals surface area contributed by atoms with Crippen molar-refractivity contribution in [1.29, 1.82) is 0 Å². The normalized spacial score (nSPS) is 16.6. The van der Waals surface area contributed by atoms with E-state index in [1.807, 2.05) is 30.6 Å². The molecular weight excluding hydrogens is 520 g/mol. The summed E-state index contributed by atoms with van der Waals surface area (Å²) in [6, 6.07) is 25.3. The van der Waals surface area contributed by atoms with E-state index >= 15 is 0 Å². The molecule has 0 amide bonds. The van der Waals surface area contributed by atoms with Crippen molar-refractivity contribution in [1.82, 2.24) is 19.8 Å². The number of hydrogen-bond donors (Lipinski definition) is 0. The average molecular weight is 559 g/mol.